The SMILES string of the molecule is CCN1CCCN(c2cc(C3CC3)nc(C)n2)CC1. The van der Waals surface area contributed by atoms with Crippen LogP contribution in [0.4, 0.5) is 5.82 Å². The largest absolute Gasteiger partial charge is 0.355 e. The van der Waals surface area contributed by atoms with Crippen LogP contribution in [-0.2, 0) is 0 Å². The van der Waals surface area contributed by atoms with Crippen LogP contribution >= 0.6 is 0 Å². The fourth-order valence-electron chi connectivity index (χ4n) is 2.84. The Labute approximate surface area is 115 Å². The zero-order valence-corrected chi connectivity index (χ0v) is 12.1. The molecule has 2 aliphatic rings. The van der Waals surface area contributed by atoms with Crippen molar-refractivity contribution in [1.82, 2.24) is 14.9 Å². The first kappa shape index (κ1) is 12.9. The molecule has 0 unspecified atom stereocenters. The second-order valence-electron chi connectivity index (χ2n) is 5.75. The standard InChI is InChI=1S/C15H24N4/c1-3-18-7-4-8-19(10-9-18)15-11-14(13-5-6-13)16-12(2)17-15/h11,13H,3-10H2,1-2H3. The van der Waals surface area contributed by atoms with Crippen molar-refractivity contribution in [3.63, 3.8) is 0 Å². The lowest BCUT2D eigenvalue weighted by molar-refractivity contribution is 0.310. The number of aryl methyl sites for hydroxylation is 1. The average molecular weight is 260 g/mol. The number of rotatable bonds is 3. The van der Waals surface area contributed by atoms with Crippen molar-refractivity contribution in [2.24, 2.45) is 0 Å². The van der Waals surface area contributed by atoms with Crippen LogP contribution in [0, 0.1) is 6.92 Å². The minimum Gasteiger partial charge on any atom is -0.355 e. The maximum Gasteiger partial charge on any atom is 0.132 e. The Morgan fingerprint density at radius 1 is 1.16 bits per heavy atom. The summed E-state index contributed by atoms with van der Waals surface area (Å²) in [6.07, 6.45) is 3.84. The van der Waals surface area contributed by atoms with Gasteiger partial charge in [0.1, 0.15) is 11.6 Å². The normalized spacial score (nSPS) is 21.5. The smallest absolute Gasteiger partial charge is 0.132 e. The molecule has 1 aromatic heterocycles. The van der Waals surface area contributed by atoms with Crippen LogP contribution in [0.25, 0.3) is 0 Å². The van der Waals surface area contributed by atoms with Gasteiger partial charge in [0, 0.05) is 37.3 Å². The third-order valence-corrected chi connectivity index (χ3v) is 4.20. The maximum atomic E-state index is 4.66. The quantitative estimate of drug-likeness (QED) is 0.834. The van der Waals surface area contributed by atoms with Gasteiger partial charge < -0.3 is 9.80 Å². The summed E-state index contributed by atoms with van der Waals surface area (Å²) in [4.78, 5) is 14.2. The molecule has 19 heavy (non-hydrogen) atoms. The maximum absolute atomic E-state index is 4.66. The van der Waals surface area contributed by atoms with Crippen LogP contribution in [0.2, 0.25) is 0 Å². The van der Waals surface area contributed by atoms with Gasteiger partial charge in [0.05, 0.1) is 0 Å². The summed E-state index contributed by atoms with van der Waals surface area (Å²) < 4.78 is 0. The second kappa shape index (κ2) is 5.45. The molecule has 1 aromatic rings. The lowest BCUT2D eigenvalue weighted by atomic mass is 10.2. The molecular formula is C15H24N4. The highest BCUT2D eigenvalue weighted by Gasteiger charge is 2.26. The molecule has 4 heteroatoms. The van der Waals surface area contributed by atoms with Gasteiger partial charge in [-0.05, 0) is 39.3 Å². The van der Waals surface area contributed by atoms with Gasteiger partial charge in [0.2, 0.25) is 0 Å². The van der Waals surface area contributed by atoms with Crippen molar-refractivity contribution in [2.75, 3.05) is 37.6 Å². The molecule has 0 spiro atoms. The van der Waals surface area contributed by atoms with Crippen LogP contribution in [0.5, 0.6) is 0 Å². The fourth-order valence-corrected chi connectivity index (χ4v) is 2.84. The molecule has 2 fully saturated rings. The summed E-state index contributed by atoms with van der Waals surface area (Å²) in [5.41, 5.74) is 1.26. The van der Waals surface area contributed by atoms with E-state index >= 15 is 0 Å². The van der Waals surface area contributed by atoms with Crippen molar-refractivity contribution in [3.05, 3.63) is 17.6 Å². The van der Waals surface area contributed by atoms with Gasteiger partial charge in [-0.1, -0.05) is 6.92 Å². The summed E-state index contributed by atoms with van der Waals surface area (Å²) in [7, 11) is 0. The lowest BCUT2D eigenvalue weighted by Gasteiger charge is -2.22. The van der Waals surface area contributed by atoms with Gasteiger partial charge in [-0.3, -0.25) is 0 Å². The molecule has 0 N–H and O–H groups in total. The third kappa shape index (κ3) is 3.06. The van der Waals surface area contributed by atoms with Gasteiger partial charge in [-0.25, -0.2) is 9.97 Å². The van der Waals surface area contributed by atoms with E-state index in [1.165, 1.54) is 31.5 Å². The Bertz CT molecular complexity index is 442. The van der Waals surface area contributed by atoms with E-state index in [4.69, 9.17) is 0 Å². The summed E-state index contributed by atoms with van der Waals surface area (Å²) in [5.74, 6) is 2.78. The minimum absolute atomic E-state index is 0.708. The van der Waals surface area contributed by atoms with E-state index in [-0.39, 0.29) is 0 Å². The van der Waals surface area contributed by atoms with E-state index in [9.17, 15) is 0 Å². The second-order valence-corrected chi connectivity index (χ2v) is 5.75. The van der Waals surface area contributed by atoms with E-state index in [2.05, 4.69) is 32.8 Å². The highest BCUT2D eigenvalue weighted by molar-refractivity contribution is 5.41. The van der Waals surface area contributed by atoms with Crippen LogP contribution in [0.3, 0.4) is 0 Å². The highest BCUT2D eigenvalue weighted by atomic mass is 15.2. The molecule has 0 atom stereocenters. The molecule has 4 nitrogen and oxygen atoms in total. The molecule has 1 saturated carbocycles. The number of aromatic nitrogens is 2. The van der Waals surface area contributed by atoms with Crippen molar-refractivity contribution >= 4 is 5.82 Å². The molecular weight excluding hydrogens is 236 g/mol. The zero-order valence-electron chi connectivity index (χ0n) is 12.1. The number of nitrogens with zero attached hydrogens (tertiary/aromatic N) is 4. The molecule has 1 aliphatic heterocycles. The number of likely N-dealkylation sites (N-methyl/N-ethyl adjacent to an activating group) is 1. The van der Waals surface area contributed by atoms with Gasteiger partial charge in [-0.15, -0.1) is 0 Å². The minimum atomic E-state index is 0.708. The third-order valence-electron chi connectivity index (χ3n) is 4.20. The Morgan fingerprint density at radius 2 is 2.00 bits per heavy atom. The highest BCUT2D eigenvalue weighted by Crippen LogP contribution is 2.39. The van der Waals surface area contributed by atoms with E-state index in [1.54, 1.807) is 0 Å². The molecule has 1 aliphatic carbocycles. The molecule has 3 rings (SSSR count). The summed E-state index contributed by atoms with van der Waals surface area (Å²) in [6, 6.07) is 2.23. The monoisotopic (exact) mass is 260 g/mol. The van der Waals surface area contributed by atoms with Crippen molar-refractivity contribution in [1.29, 1.82) is 0 Å². The van der Waals surface area contributed by atoms with E-state index in [1.807, 2.05) is 6.92 Å². The van der Waals surface area contributed by atoms with Gasteiger partial charge in [0.15, 0.2) is 0 Å². The predicted octanol–water partition coefficient (Wildman–Crippen LogP) is 2.19. The zero-order chi connectivity index (χ0) is 13.2. The summed E-state index contributed by atoms with van der Waals surface area (Å²) >= 11 is 0. The van der Waals surface area contributed by atoms with Gasteiger partial charge in [-0.2, -0.15) is 0 Å². The molecule has 0 radical (unpaired) electrons. The van der Waals surface area contributed by atoms with E-state index < -0.39 is 0 Å². The number of hydrogen-bond acceptors (Lipinski definition) is 4. The molecule has 0 amide bonds. The van der Waals surface area contributed by atoms with Crippen LogP contribution in [0.15, 0.2) is 6.07 Å². The van der Waals surface area contributed by atoms with E-state index in [0.717, 1.165) is 37.8 Å². The van der Waals surface area contributed by atoms with Crippen molar-refractivity contribution in [3.8, 4) is 0 Å². The Morgan fingerprint density at radius 3 is 2.74 bits per heavy atom. The van der Waals surface area contributed by atoms with E-state index in [0.29, 0.717) is 5.92 Å². The summed E-state index contributed by atoms with van der Waals surface area (Å²) in [5, 5.41) is 0. The predicted molar refractivity (Wildman–Crippen MR) is 77.7 cm³/mol. The topological polar surface area (TPSA) is 32.3 Å². The number of anilines is 1. The Balaban J connectivity index is 1.77. The van der Waals surface area contributed by atoms with Crippen LogP contribution in [0.1, 0.15) is 43.6 Å². The average Bonchev–Trinajstić information content (AvgIpc) is 3.24. The molecule has 2 heterocycles. The van der Waals surface area contributed by atoms with Gasteiger partial charge in [0.25, 0.3) is 0 Å². The Hall–Kier alpha value is -1.16. The molecule has 1 saturated heterocycles. The molecule has 104 valence electrons. The van der Waals surface area contributed by atoms with Crippen LogP contribution < -0.4 is 4.90 Å². The van der Waals surface area contributed by atoms with Gasteiger partial charge >= 0.3 is 0 Å². The van der Waals surface area contributed by atoms with Crippen molar-refractivity contribution in [2.45, 2.75) is 39.0 Å². The fraction of sp³-hybridized carbons (Fsp3) is 0.733. The molecule has 0 aromatic carbocycles. The number of hydrogen-bond donors (Lipinski definition) is 0. The first-order valence-electron chi connectivity index (χ1n) is 7.59. The first-order valence-corrected chi connectivity index (χ1v) is 7.59. The van der Waals surface area contributed by atoms with Crippen LogP contribution in [-0.4, -0.2) is 47.6 Å². The molecule has 0 bridgehead atoms. The first-order chi connectivity index (χ1) is 9.26. The lowest BCUT2D eigenvalue weighted by Crippen LogP contribution is -2.31. The Kier molecular flexibility index (Phi) is 3.69. The van der Waals surface area contributed by atoms with Crippen molar-refractivity contribution < 1.29 is 0 Å². The summed E-state index contributed by atoms with van der Waals surface area (Å²) in [6.45, 7) is 10.0.